The molecule has 4 atom stereocenters. The lowest BCUT2D eigenvalue weighted by molar-refractivity contribution is 0.248. The normalized spacial score (nSPS) is 29.2. The van der Waals surface area contributed by atoms with Gasteiger partial charge in [-0.2, -0.15) is 0 Å². The van der Waals surface area contributed by atoms with Gasteiger partial charge in [0.25, 0.3) is 0 Å². The van der Waals surface area contributed by atoms with Crippen molar-refractivity contribution < 1.29 is 4.74 Å². The van der Waals surface area contributed by atoms with Crippen LogP contribution >= 0.6 is 0 Å². The smallest absolute Gasteiger partial charge is 0.118 e. The third-order valence-corrected chi connectivity index (χ3v) is 5.65. The number of fused-ring (bicyclic) bond motifs is 2. The molecule has 1 saturated carbocycles. The summed E-state index contributed by atoms with van der Waals surface area (Å²) in [5.41, 5.74) is 4.60. The number of hydrogen-bond donors (Lipinski definition) is 1. The summed E-state index contributed by atoms with van der Waals surface area (Å²) in [7, 11) is 3.84. The van der Waals surface area contributed by atoms with Crippen LogP contribution in [0.5, 0.6) is 5.75 Å². The quantitative estimate of drug-likeness (QED) is 0.922. The van der Waals surface area contributed by atoms with Gasteiger partial charge in [-0.1, -0.05) is 36.4 Å². The molecule has 0 aromatic heterocycles. The molecule has 0 amide bonds. The van der Waals surface area contributed by atoms with Crippen LogP contribution in [0.15, 0.2) is 48.5 Å². The number of rotatable bonds is 3. The summed E-state index contributed by atoms with van der Waals surface area (Å²) in [6.07, 6.45) is 2.54. The van der Waals surface area contributed by atoms with Crippen molar-refractivity contribution in [3.63, 3.8) is 0 Å². The maximum atomic E-state index is 5.30. The van der Waals surface area contributed by atoms with Gasteiger partial charge in [0.1, 0.15) is 5.75 Å². The lowest BCUT2D eigenvalue weighted by Crippen LogP contribution is -2.45. The molecule has 2 aromatic carbocycles. The second kappa shape index (κ2) is 5.44. The second-order valence-electron chi connectivity index (χ2n) is 6.60. The van der Waals surface area contributed by atoms with E-state index in [-0.39, 0.29) is 0 Å². The molecule has 114 valence electrons. The molecule has 0 unspecified atom stereocenters. The van der Waals surface area contributed by atoms with Gasteiger partial charge in [0, 0.05) is 12.0 Å². The number of methoxy groups -OCH3 is 1. The molecule has 3 aliphatic carbocycles. The van der Waals surface area contributed by atoms with Crippen molar-refractivity contribution in [2.45, 2.75) is 36.6 Å². The maximum absolute atomic E-state index is 5.30. The molecule has 2 aromatic rings. The molecule has 0 radical (unpaired) electrons. The Bertz CT molecular complexity index is 664. The number of likely N-dealkylation sites (N-methyl/N-ethyl adjacent to an activating group) is 1. The fourth-order valence-electron chi connectivity index (χ4n) is 4.65. The van der Waals surface area contributed by atoms with Crippen LogP contribution in [-0.4, -0.2) is 20.2 Å². The van der Waals surface area contributed by atoms with Crippen molar-refractivity contribution in [2.75, 3.05) is 14.2 Å². The number of ether oxygens (including phenoxy) is 1. The Morgan fingerprint density at radius 2 is 1.68 bits per heavy atom. The highest BCUT2D eigenvalue weighted by atomic mass is 16.5. The van der Waals surface area contributed by atoms with E-state index in [9.17, 15) is 0 Å². The van der Waals surface area contributed by atoms with Crippen molar-refractivity contribution in [3.8, 4) is 5.75 Å². The highest BCUT2D eigenvalue weighted by molar-refractivity contribution is 5.45. The molecule has 0 heterocycles. The molecule has 0 aliphatic heterocycles. The van der Waals surface area contributed by atoms with Gasteiger partial charge in [-0.15, -0.1) is 0 Å². The van der Waals surface area contributed by atoms with E-state index in [0.29, 0.717) is 23.8 Å². The van der Waals surface area contributed by atoms with Crippen LogP contribution in [0.3, 0.4) is 0 Å². The lowest BCUT2D eigenvalue weighted by atomic mass is 9.58. The molecule has 2 heteroatoms. The van der Waals surface area contributed by atoms with Crippen LogP contribution in [-0.2, 0) is 0 Å². The first kappa shape index (κ1) is 13.8. The van der Waals surface area contributed by atoms with E-state index in [1.807, 2.05) is 0 Å². The molecular formula is C20H23NO. The summed E-state index contributed by atoms with van der Waals surface area (Å²) in [6, 6.07) is 18.3. The third-order valence-electron chi connectivity index (χ3n) is 5.65. The first-order chi connectivity index (χ1) is 10.8. The second-order valence-corrected chi connectivity index (χ2v) is 6.60. The van der Waals surface area contributed by atoms with E-state index in [1.165, 1.54) is 18.4 Å². The minimum Gasteiger partial charge on any atom is -0.497 e. The molecule has 22 heavy (non-hydrogen) atoms. The summed E-state index contributed by atoms with van der Waals surface area (Å²) in [6.45, 7) is 0. The third kappa shape index (κ3) is 2.05. The van der Waals surface area contributed by atoms with Gasteiger partial charge in [0.2, 0.25) is 0 Å². The van der Waals surface area contributed by atoms with Gasteiger partial charge in [0.15, 0.2) is 0 Å². The first-order valence-corrected chi connectivity index (χ1v) is 8.22. The van der Waals surface area contributed by atoms with Gasteiger partial charge in [-0.25, -0.2) is 0 Å². The van der Waals surface area contributed by atoms with Crippen molar-refractivity contribution in [2.24, 2.45) is 0 Å². The molecule has 1 N–H and O–H groups in total. The number of benzene rings is 2. The largest absolute Gasteiger partial charge is 0.497 e. The highest BCUT2D eigenvalue weighted by Gasteiger charge is 2.45. The molecule has 2 bridgehead atoms. The molecule has 5 rings (SSSR count). The molecular weight excluding hydrogens is 270 g/mol. The van der Waals surface area contributed by atoms with Crippen molar-refractivity contribution in [1.82, 2.24) is 5.32 Å². The van der Waals surface area contributed by atoms with Crippen LogP contribution in [0.4, 0.5) is 0 Å². The van der Waals surface area contributed by atoms with Gasteiger partial charge in [0.05, 0.1) is 7.11 Å². The molecule has 1 fully saturated rings. The van der Waals surface area contributed by atoms with Crippen LogP contribution < -0.4 is 10.1 Å². The predicted octanol–water partition coefficient (Wildman–Crippen LogP) is 4.04. The van der Waals surface area contributed by atoms with E-state index < -0.39 is 0 Å². The Balaban J connectivity index is 1.75. The monoisotopic (exact) mass is 293 g/mol. The summed E-state index contributed by atoms with van der Waals surface area (Å²) in [5.74, 6) is 2.82. The fourth-order valence-corrected chi connectivity index (χ4v) is 4.65. The first-order valence-electron chi connectivity index (χ1n) is 8.22. The van der Waals surface area contributed by atoms with E-state index in [2.05, 4.69) is 60.9 Å². The van der Waals surface area contributed by atoms with Gasteiger partial charge in [-0.3, -0.25) is 0 Å². The minimum atomic E-state index is 0.583. The van der Waals surface area contributed by atoms with E-state index >= 15 is 0 Å². The average molecular weight is 293 g/mol. The molecule has 3 aliphatic rings. The van der Waals surface area contributed by atoms with E-state index in [1.54, 1.807) is 18.2 Å². The Labute approximate surface area is 132 Å². The van der Waals surface area contributed by atoms with Gasteiger partial charge >= 0.3 is 0 Å². The lowest BCUT2D eigenvalue weighted by Gasteiger charge is -2.49. The molecule has 0 saturated heterocycles. The Kier molecular flexibility index (Phi) is 3.42. The maximum Gasteiger partial charge on any atom is 0.118 e. The average Bonchev–Trinajstić information content (AvgIpc) is 2.61. The van der Waals surface area contributed by atoms with Crippen LogP contribution in [0.2, 0.25) is 0 Å². The van der Waals surface area contributed by atoms with Crippen molar-refractivity contribution in [1.29, 1.82) is 0 Å². The van der Waals surface area contributed by atoms with E-state index in [0.717, 1.165) is 5.75 Å². The topological polar surface area (TPSA) is 21.3 Å². The van der Waals surface area contributed by atoms with Crippen molar-refractivity contribution in [3.05, 3.63) is 65.2 Å². The fraction of sp³-hybridized carbons (Fsp3) is 0.400. The van der Waals surface area contributed by atoms with Crippen LogP contribution in [0, 0.1) is 0 Å². The van der Waals surface area contributed by atoms with E-state index in [4.69, 9.17) is 4.74 Å². The zero-order valence-electron chi connectivity index (χ0n) is 13.3. The summed E-state index contributed by atoms with van der Waals surface area (Å²) < 4.78 is 5.30. The van der Waals surface area contributed by atoms with Gasteiger partial charge < -0.3 is 10.1 Å². The highest BCUT2D eigenvalue weighted by Crippen LogP contribution is 2.56. The summed E-state index contributed by atoms with van der Waals surface area (Å²) >= 11 is 0. The standard InChI is InChI=1S/C20H23NO/c1-21-19-12-14-11-18(13-7-9-15(22-2)10-8-13)20(19)17-6-4-3-5-16(14)17/h3-10,14,18-21H,11-12H2,1-2H3/t14-,18-,19+,20-/m0/s1. The molecule has 2 nitrogen and oxygen atoms in total. The Morgan fingerprint density at radius 1 is 0.955 bits per heavy atom. The summed E-state index contributed by atoms with van der Waals surface area (Å²) in [5, 5.41) is 3.57. The Hall–Kier alpha value is -1.80. The SMILES string of the molecule is CN[C@@H]1C[C@@H]2C[C@@H](c3ccc(OC)cc3)[C@@H]1c1ccccc12. The number of nitrogens with one attached hydrogen (secondary N) is 1. The van der Waals surface area contributed by atoms with Crippen LogP contribution in [0.1, 0.15) is 47.3 Å². The molecule has 0 spiro atoms. The predicted molar refractivity (Wildman–Crippen MR) is 89.7 cm³/mol. The van der Waals surface area contributed by atoms with Crippen molar-refractivity contribution >= 4 is 0 Å². The zero-order valence-corrected chi connectivity index (χ0v) is 13.3. The number of hydrogen-bond acceptors (Lipinski definition) is 2. The zero-order chi connectivity index (χ0) is 15.1. The summed E-state index contributed by atoms with van der Waals surface area (Å²) in [4.78, 5) is 0. The Morgan fingerprint density at radius 3 is 2.36 bits per heavy atom. The minimum absolute atomic E-state index is 0.583. The van der Waals surface area contributed by atoms with Gasteiger partial charge in [-0.05, 0) is 60.5 Å². The van der Waals surface area contributed by atoms with Crippen LogP contribution in [0.25, 0.3) is 0 Å².